The van der Waals surface area contributed by atoms with Crippen molar-refractivity contribution in [3.05, 3.63) is 95.8 Å². The summed E-state index contributed by atoms with van der Waals surface area (Å²) in [7, 11) is 0. The molecule has 1 fully saturated rings. The van der Waals surface area contributed by atoms with E-state index in [1.807, 2.05) is 19.9 Å². The van der Waals surface area contributed by atoms with Crippen molar-refractivity contribution in [3.63, 3.8) is 0 Å². The molecule has 10 heteroatoms. The van der Waals surface area contributed by atoms with Crippen LogP contribution in [0.2, 0.25) is 0 Å². The van der Waals surface area contributed by atoms with Gasteiger partial charge >= 0.3 is 5.91 Å². The number of nitrogens with zero attached hydrogens (tertiary/aromatic N) is 2. The van der Waals surface area contributed by atoms with Gasteiger partial charge in [0.25, 0.3) is 5.78 Å². The first-order chi connectivity index (χ1) is 19.9. The van der Waals surface area contributed by atoms with Gasteiger partial charge in [0.2, 0.25) is 0 Å². The van der Waals surface area contributed by atoms with Gasteiger partial charge in [0.1, 0.15) is 23.9 Å². The molecule has 210 valence electrons. The Hall–Kier alpha value is -4.70. The summed E-state index contributed by atoms with van der Waals surface area (Å²) in [5, 5.41) is 11.6. The molecule has 1 aromatic heterocycles. The average molecular weight is 575 g/mol. The summed E-state index contributed by atoms with van der Waals surface area (Å²) in [5.41, 5.74) is 1.14. The second-order valence-electron chi connectivity index (χ2n) is 8.97. The quantitative estimate of drug-likeness (QED) is 0.101. The third-order valence-electron chi connectivity index (χ3n) is 6.37. The smallest absolute Gasteiger partial charge is 0.301 e. The van der Waals surface area contributed by atoms with Crippen LogP contribution in [0.3, 0.4) is 0 Å². The molecule has 0 aliphatic carbocycles. The van der Waals surface area contributed by atoms with Crippen molar-refractivity contribution >= 4 is 44.1 Å². The van der Waals surface area contributed by atoms with Gasteiger partial charge in [-0.2, -0.15) is 0 Å². The van der Waals surface area contributed by atoms with Gasteiger partial charge < -0.3 is 19.3 Å². The largest absolute Gasteiger partial charge is 0.507 e. The molecule has 2 heterocycles. The molecule has 1 unspecified atom stereocenters. The molecule has 1 aliphatic rings. The van der Waals surface area contributed by atoms with Gasteiger partial charge in [0.15, 0.2) is 16.6 Å². The predicted molar refractivity (Wildman–Crippen MR) is 155 cm³/mol. The lowest BCUT2D eigenvalue weighted by Crippen LogP contribution is -2.29. The zero-order chi connectivity index (χ0) is 29.1. The molecule has 1 N–H and O–H groups in total. The predicted octanol–water partition coefficient (Wildman–Crippen LogP) is 6.42. The number of aromatic nitrogens is 1. The number of benzene rings is 3. The number of aliphatic hydroxyl groups excluding tert-OH is 1. The van der Waals surface area contributed by atoms with Crippen LogP contribution < -0.4 is 19.1 Å². The molecule has 1 aliphatic heterocycles. The summed E-state index contributed by atoms with van der Waals surface area (Å²) in [6.45, 7) is 8.45. The Morgan fingerprint density at radius 2 is 1.78 bits per heavy atom. The molecule has 1 amide bonds. The lowest BCUT2D eigenvalue weighted by molar-refractivity contribution is -0.132. The number of fused-ring (bicyclic) bond motifs is 1. The lowest BCUT2D eigenvalue weighted by Gasteiger charge is -2.24. The Labute approximate surface area is 239 Å². The van der Waals surface area contributed by atoms with E-state index in [0.29, 0.717) is 41.5 Å². The van der Waals surface area contributed by atoms with Crippen LogP contribution in [0.4, 0.5) is 9.52 Å². The van der Waals surface area contributed by atoms with Crippen molar-refractivity contribution in [2.45, 2.75) is 19.9 Å². The number of thiazole rings is 1. The van der Waals surface area contributed by atoms with Crippen LogP contribution in [0.15, 0.2) is 78.9 Å². The molecule has 8 nitrogen and oxygen atoms in total. The first-order valence-corrected chi connectivity index (χ1v) is 13.8. The number of anilines is 1. The number of halogens is 1. The minimum atomic E-state index is -1.06. The van der Waals surface area contributed by atoms with Crippen LogP contribution in [0, 0.1) is 5.82 Å². The molecule has 0 radical (unpaired) electrons. The number of rotatable bonds is 10. The molecule has 0 saturated carbocycles. The maximum atomic E-state index is 13.6. The van der Waals surface area contributed by atoms with E-state index in [2.05, 4.69) is 11.6 Å². The summed E-state index contributed by atoms with van der Waals surface area (Å²) >= 11 is 1.22. The van der Waals surface area contributed by atoms with Crippen LogP contribution in [-0.2, 0) is 9.59 Å². The topological polar surface area (TPSA) is 98.2 Å². The summed E-state index contributed by atoms with van der Waals surface area (Å²) < 4.78 is 31.5. The van der Waals surface area contributed by atoms with Gasteiger partial charge in [0, 0.05) is 5.56 Å². The molecule has 0 spiro atoms. The molecular weight excluding hydrogens is 547 g/mol. The Balaban J connectivity index is 1.70. The first kappa shape index (κ1) is 27.9. The first-order valence-electron chi connectivity index (χ1n) is 13.0. The fourth-order valence-corrected chi connectivity index (χ4v) is 5.61. The molecule has 3 aromatic carbocycles. The molecular formula is C31H27FN2O6S. The standard InChI is InChI=1S/C31H27FN2O6S/c1-4-15-40-23-14-9-19(16-24(23)39-6-3)27-26(28(35)18-7-10-20(32)11-8-18)29(36)30(37)34(27)31-33-22-13-12-21(38-5-2)17-25(22)41-31/h4,7-14,16-17,27,35H,1,5-6,15H2,2-3H3. The van der Waals surface area contributed by atoms with Crippen molar-refractivity contribution in [2.24, 2.45) is 0 Å². The highest BCUT2D eigenvalue weighted by Gasteiger charge is 2.48. The van der Waals surface area contributed by atoms with E-state index in [1.54, 1.807) is 36.4 Å². The molecule has 4 aromatic rings. The van der Waals surface area contributed by atoms with E-state index in [-0.39, 0.29) is 22.9 Å². The number of carbonyl (C=O) groups excluding carboxylic acids is 2. The highest BCUT2D eigenvalue weighted by molar-refractivity contribution is 7.22. The van der Waals surface area contributed by atoms with Crippen LogP contribution in [-0.4, -0.2) is 41.6 Å². The lowest BCUT2D eigenvalue weighted by atomic mass is 9.95. The van der Waals surface area contributed by atoms with Gasteiger partial charge in [-0.15, -0.1) is 0 Å². The number of ketones is 1. The van der Waals surface area contributed by atoms with E-state index >= 15 is 0 Å². The third kappa shape index (κ3) is 5.38. The van der Waals surface area contributed by atoms with Crippen LogP contribution in [0.25, 0.3) is 16.0 Å². The summed E-state index contributed by atoms with van der Waals surface area (Å²) in [5.74, 6) is -1.18. The summed E-state index contributed by atoms with van der Waals surface area (Å²) in [4.78, 5) is 33.1. The zero-order valence-corrected chi connectivity index (χ0v) is 23.2. The van der Waals surface area contributed by atoms with Crippen molar-refractivity contribution in [1.82, 2.24) is 4.98 Å². The Morgan fingerprint density at radius 1 is 1.02 bits per heavy atom. The average Bonchev–Trinajstić information content (AvgIpc) is 3.50. The van der Waals surface area contributed by atoms with E-state index in [4.69, 9.17) is 14.2 Å². The van der Waals surface area contributed by atoms with Crippen molar-refractivity contribution in [1.29, 1.82) is 0 Å². The molecule has 1 atom stereocenters. The number of aliphatic hydroxyl groups is 1. The highest BCUT2D eigenvalue weighted by atomic mass is 32.1. The van der Waals surface area contributed by atoms with E-state index in [9.17, 15) is 19.1 Å². The molecule has 5 rings (SSSR count). The normalized spacial score (nSPS) is 16.3. The maximum Gasteiger partial charge on any atom is 0.301 e. The Bertz CT molecular complexity index is 1660. The van der Waals surface area contributed by atoms with Gasteiger partial charge in [-0.1, -0.05) is 30.1 Å². The minimum Gasteiger partial charge on any atom is -0.507 e. The number of Topliss-reactive ketones (excluding diaryl/α,β-unsaturated/α-hetero) is 1. The third-order valence-corrected chi connectivity index (χ3v) is 7.39. The Morgan fingerprint density at radius 3 is 2.49 bits per heavy atom. The van der Waals surface area contributed by atoms with E-state index in [0.717, 1.165) is 4.70 Å². The Kier molecular flexibility index (Phi) is 8.02. The van der Waals surface area contributed by atoms with Crippen LogP contribution in [0.5, 0.6) is 17.2 Å². The molecule has 41 heavy (non-hydrogen) atoms. The second kappa shape index (κ2) is 11.8. The number of amides is 1. The maximum absolute atomic E-state index is 13.6. The monoisotopic (exact) mass is 574 g/mol. The number of ether oxygens (including phenoxy) is 3. The fourth-order valence-electron chi connectivity index (χ4n) is 4.59. The number of carbonyl (C=O) groups is 2. The van der Waals surface area contributed by atoms with Crippen LogP contribution in [0.1, 0.15) is 31.0 Å². The van der Waals surface area contributed by atoms with Gasteiger partial charge in [-0.05, 0) is 74.0 Å². The number of hydrogen-bond acceptors (Lipinski definition) is 8. The SMILES string of the molecule is C=CCOc1ccc(C2C(=C(O)c3ccc(F)cc3)C(=O)C(=O)N2c2nc3ccc(OCC)cc3s2)cc1OCC. The second-order valence-corrected chi connectivity index (χ2v) is 9.98. The van der Waals surface area contributed by atoms with Gasteiger partial charge in [-0.3, -0.25) is 14.5 Å². The van der Waals surface area contributed by atoms with Crippen LogP contribution >= 0.6 is 11.3 Å². The van der Waals surface area contributed by atoms with Crippen molar-refractivity contribution in [2.75, 3.05) is 24.7 Å². The van der Waals surface area contributed by atoms with Crippen molar-refractivity contribution < 1.29 is 33.3 Å². The molecule has 0 bridgehead atoms. The summed E-state index contributed by atoms with van der Waals surface area (Å²) in [6, 6.07) is 14.4. The fraction of sp³-hybridized carbons (Fsp3) is 0.194. The number of hydrogen-bond donors (Lipinski definition) is 1. The van der Waals surface area contributed by atoms with Gasteiger partial charge in [-0.25, -0.2) is 9.37 Å². The van der Waals surface area contributed by atoms with Gasteiger partial charge in [0.05, 0.1) is 35.0 Å². The van der Waals surface area contributed by atoms with Crippen molar-refractivity contribution in [3.8, 4) is 17.2 Å². The highest BCUT2D eigenvalue weighted by Crippen LogP contribution is 2.46. The van der Waals surface area contributed by atoms with E-state index in [1.165, 1.54) is 40.5 Å². The van der Waals surface area contributed by atoms with E-state index < -0.39 is 29.3 Å². The molecule has 1 saturated heterocycles. The minimum absolute atomic E-state index is 0.155. The summed E-state index contributed by atoms with van der Waals surface area (Å²) in [6.07, 6.45) is 1.60. The zero-order valence-electron chi connectivity index (χ0n) is 22.4.